The van der Waals surface area contributed by atoms with E-state index in [0.717, 1.165) is 0 Å². The van der Waals surface area contributed by atoms with Crippen LogP contribution in [0.15, 0.2) is 36.9 Å². The van der Waals surface area contributed by atoms with Crippen molar-refractivity contribution in [3.05, 3.63) is 42.5 Å². The first kappa shape index (κ1) is 23.9. The number of aromatic nitrogens is 4. The number of aliphatic carboxylic acids is 1. The van der Waals surface area contributed by atoms with Crippen LogP contribution in [0.2, 0.25) is 0 Å². The number of likely N-dealkylation sites (tertiary alicyclic amines) is 1. The minimum absolute atomic E-state index is 0.159. The summed E-state index contributed by atoms with van der Waals surface area (Å²) in [6.45, 7) is 2.52. The highest BCUT2D eigenvalue weighted by Gasteiger charge is 2.50. The fourth-order valence-electron chi connectivity index (χ4n) is 5.22. The fraction of sp³-hybridized carbons (Fsp3) is 0.458. The van der Waals surface area contributed by atoms with Gasteiger partial charge in [-0.3, -0.25) is 4.79 Å². The molecule has 0 radical (unpaired) electrons. The summed E-state index contributed by atoms with van der Waals surface area (Å²) in [6, 6.07) is 6.10. The number of imidazole rings is 1. The standard InChI is InChI=1S/C24H28N6O6/c1-23(34)12-24(36-10-17(23)30-14-28-19-20(25)26-13-27-21(19)30)5-7-29(8-6-24)22(33)15-3-2-4-16(9-15)35-11-18(31)32/h2-4,9,13-14,17,34H,5-8,10-12H2,1H3,(H,31,32)(H2,25,26,27)/t17-,23-/m0/s1. The molecule has 4 heterocycles. The van der Waals surface area contributed by atoms with Crippen LogP contribution in [0.5, 0.6) is 5.75 Å². The van der Waals surface area contributed by atoms with Gasteiger partial charge in [-0.2, -0.15) is 0 Å². The van der Waals surface area contributed by atoms with Gasteiger partial charge in [0.15, 0.2) is 18.1 Å². The average molecular weight is 497 g/mol. The Morgan fingerprint density at radius 1 is 1.25 bits per heavy atom. The molecule has 3 aromatic rings. The predicted octanol–water partition coefficient (Wildman–Crippen LogP) is 1.26. The average Bonchev–Trinajstić information content (AvgIpc) is 3.27. The molecule has 2 saturated heterocycles. The number of rotatable bonds is 5. The van der Waals surface area contributed by atoms with E-state index in [1.807, 2.05) is 0 Å². The second kappa shape index (κ2) is 9.03. The minimum Gasteiger partial charge on any atom is -0.482 e. The zero-order valence-electron chi connectivity index (χ0n) is 19.8. The number of carbonyl (C=O) groups excluding carboxylic acids is 1. The Labute approximate surface area is 206 Å². The van der Waals surface area contributed by atoms with Gasteiger partial charge in [0.1, 0.15) is 17.6 Å². The number of hydrogen-bond donors (Lipinski definition) is 3. The highest BCUT2D eigenvalue weighted by Crippen LogP contribution is 2.44. The maximum atomic E-state index is 13.1. The zero-order valence-corrected chi connectivity index (χ0v) is 19.8. The zero-order chi connectivity index (χ0) is 25.5. The van der Waals surface area contributed by atoms with Crippen molar-refractivity contribution < 1.29 is 29.3 Å². The maximum Gasteiger partial charge on any atom is 0.341 e. The molecule has 2 aliphatic rings. The van der Waals surface area contributed by atoms with Crippen LogP contribution < -0.4 is 10.5 Å². The van der Waals surface area contributed by atoms with E-state index in [1.165, 1.54) is 6.33 Å². The number of nitrogens with two attached hydrogens (primary N) is 1. The molecule has 5 rings (SSSR count). The second-order valence-corrected chi connectivity index (χ2v) is 9.63. The van der Waals surface area contributed by atoms with Crippen LogP contribution in [-0.4, -0.2) is 84.0 Å². The molecule has 0 bridgehead atoms. The molecule has 0 saturated carbocycles. The van der Waals surface area contributed by atoms with E-state index < -0.39 is 29.8 Å². The van der Waals surface area contributed by atoms with Crippen LogP contribution in [0.1, 0.15) is 42.6 Å². The third-order valence-electron chi connectivity index (χ3n) is 7.07. The van der Waals surface area contributed by atoms with Crippen molar-refractivity contribution in [2.45, 2.75) is 43.4 Å². The molecule has 1 aromatic carbocycles. The number of benzene rings is 1. The Bertz CT molecular complexity index is 1300. The Morgan fingerprint density at radius 2 is 2.03 bits per heavy atom. The molecule has 12 nitrogen and oxygen atoms in total. The Balaban J connectivity index is 1.25. The number of anilines is 1. The van der Waals surface area contributed by atoms with Gasteiger partial charge in [0.2, 0.25) is 0 Å². The Kier molecular flexibility index (Phi) is 6.00. The third kappa shape index (κ3) is 4.44. The predicted molar refractivity (Wildman–Crippen MR) is 127 cm³/mol. The number of piperidine rings is 1. The molecule has 2 aromatic heterocycles. The normalized spacial score (nSPS) is 23.6. The number of carboxylic acids is 1. The molecular formula is C24H28N6O6. The van der Waals surface area contributed by atoms with Gasteiger partial charge < -0.3 is 34.9 Å². The van der Waals surface area contributed by atoms with Crippen molar-refractivity contribution in [2.24, 2.45) is 0 Å². The van der Waals surface area contributed by atoms with E-state index >= 15 is 0 Å². The Hall–Kier alpha value is -3.77. The van der Waals surface area contributed by atoms with Crippen molar-refractivity contribution in [1.82, 2.24) is 24.4 Å². The lowest BCUT2D eigenvalue weighted by molar-refractivity contribution is -0.194. The first-order chi connectivity index (χ1) is 17.2. The lowest BCUT2D eigenvalue weighted by Crippen LogP contribution is -2.57. The van der Waals surface area contributed by atoms with Gasteiger partial charge in [0.25, 0.3) is 5.91 Å². The number of hydrogen-bond acceptors (Lipinski definition) is 9. The number of aliphatic hydroxyl groups is 1. The highest BCUT2D eigenvalue weighted by atomic mass is 16.5. The minimum atomic E-state index is -1.10. The van der Waals surface area contributed by atoms with Crippen molar-refractivity contribution in [1.29, 1.82) is 0 Å². The van der Waals surface area contributed by atoms with E-state index in [2.05, 4.69) is 15.0 Å². The smallest absolute Gasteiger partial charge is 0.341 e. The van der Waals surface area contributed by atoms with Gasteiger partial charge in [-0.15, -0.1) is 0 Å². The summed E-state index contributed by atoms with van der Waals surface area (Å²) in [5, 5.41) is 20.3. The molecular weight excluding hydrogens is 468 g/mol. The van der Waals surface area contributed by atoms with Crippen LogP contribution >= 0.6 is 0 Å². The second-order valence-electron chi connectivity index (χ2n) is 9.63. The van der Waals surface area contributed by atoms with Crippen LogP contribution in [0, 0.1) is 0 Å². The van der Waals surface area contributed by atoms with Crippen molar-refractivity contribution >= 4 is 28.9 Å². The van der Waals surface area contributed by atoms with Gasteiger partial charge in [-0.25, -0.2) is 19.7 Å². The lowest BCUT2D eigenvalue weighted by Gasteiger charge is -2.51. The van der Waals surface area contributed by atoms with Crippen LogP contribution in [0.4, 0.5) is 5.82 Å². The summed E-state index contributed by atoms with van der Waals surface area (Å²) in [5.41, 5.74) is 5.72. The van der Waals surface area contributed by atoms with Crippen LogP contribution in [0.3, 0.4) is 0 Å². The summed E-state index contributed by atoms with van der Waals surface area (Å²) < 4.78 is 13.4. The highest BCUT2D eigenvalue weighted by molar-refractivity contribution is 5.94. The van der Waals surface area contributed by atoms with E-state index in [4.69, 9.17) is 20.3 Å². The summed E-state index contributed by atoms with van der Waals surface area (Å²) in [5.74, 6) is -0.637. The maximum absolute atomic E-state index is 13.1. The topological polar surface area (TPSA) is 166 Å². The van der Waals surface area contributed by atoms with Gasteiger partial charge in [0, 0.05) is 25.1 Å². The molecule has 0 unspecified atom stereocenters. The number of carbonyl (C=O) groups is 2. The van der Waals surface area contributed by atoms with Crippen LogP contribution in [0.25, 0.3) is 11.2 Å². The molecule has 12 heteroatoms. The van der Waals surface area contributed by atoms with Crippen molar-refractivity contribution in [3.63, 3.8) is 0 Å². The monoisotopic (exact) mass is 496 g/mol. The Morgan fingerprint density at radius 3 is 2.75 bits per heavy atom. The SMILES string of the molecule is C[C@]1(O)CC2(CCN(C(=O)c3cccc(OCC(=O)O)c3)CC2)OC[C@@H]1n1cnc2c(N)ncnc21. The first-order valence-electron chi connectivity index (χ1n) is 11.7. The third-order valence-corrected chi connectivity index (χ3v) is 7.07. The molecule has 190 valence electrons. The molecule has 1 spiro atoms. The van der Waals surface area contributed by atoms with Gasteiger partial charge >= 0.3 is 5.97 Å². The van der Waals surface area contributed by atoms with Gasteiger partial charge in [-0.1, -0.05) is 6.07 Å². The van der Waals surface area contributed by atoms with E-state index in [1.54, 1.807) is 47.0 Å². The summed E-state index contributed by atoms with van der Waals surface area (Å²) in [6.07, 6.45) is 4.53. The molecule has 36 heavy (non-hydrogen) atoms. The molecule has 0 aliphatic carbocycles. The number of ether oxygens (including phenoxy) is 2. The largest absolute Gasteiger partial charge is 0.482 e. The van der Waals surface area contributed by atoms with Crippen LogP contribution in [-0.2, 0) is 9.53 Å². The molecule has 2 fully saturated rings. The number of carboxylic acid groups (broad SMARTS) is 1. The number of fused-ring (bicyclic) bond motifs is 1. The van der Waals surface area contributed by atoms with Crippen molar-refractivity contribution in [3.8, 4) is 5.75 Å². The van der Waals surface area contributed by atoms with Crippen molar-refractivity contribution in [2.75, 3.05) is 32.0 Å². The van der Waals surface area contributed by atoms with Gasteiger partial charge in [0.05, 0.1) is 30.2 Å². The molecule has 4 N–H and O–H groups in total. The molecule has 1 amide bonds. The molecule has 2 aliphatic heterocycles. The van der Waals surface area contributed by atoms with Gasteiger partial charge in [-0.05, 0) is 38.0 Å². The quantitative estimate of drug-likeness (QED) is 0.468. The van der Waals surface area contributed by atoms with E-state index in [9.17, 15) is 14.7 Å². The van der Waals surface area contributed by atoms with E-state index in [-0.39, 0.29) is 18.3 Å². The van der Waals surface area contributed by atoms with E-state index in [0.29, 0.717) is 54.8 Å². The summed E-state index contributed by atoms with van der Waals surface area (Å²) in [7, 11) is 0. The number of nitrogens with zero attached hydrogens (tertiary/aromatic N) is 5. The number of nitrogen functional groups attached to an aromatic ring is 1. The summed E-state index contributed by atoms with van der Waals surface area (Å²) in [4.78, 5) is 38.1. The number of amides is 1. The lowest BCUT2D eigenvalue weighted by atomic mass is 9.75. The summed E-state index contributed by atoms with van der Waals surface area (Å²) >= 11 is 0. The fourth-order valence-corrected chi connectivity index (χ4v) is 5.22. The first-order valence-corrected chi connectivity index (χ1v) is 11.7. The molecule has 2 atom stereocenters.